The monoisotopic (exact) mass is 295 g/mol. The summed E-state index contributed by atoms with van der Waals surface area (Å²) in [5.74, 6) is -2.32. The SMILES string of the molecule is CCCN(CCC)S(=O)(=O)N[C@H](CC(N)=O)C(=O)O. The van der Waals surface area contributed by atoms with E-state index in [1.54, 1.807) is 0 Å². The Morgan fingerprint density at radius 3 is 2.05 bits per heavy atom. The van der Waals surface area contributed by atoms with Gasteiger partial charge in [0.1, 0.15) is 6.04 Å². The summed E-state index contributed by atoms with van der Waals surface area (Å²) in [6.45, 7) is 4.20. The van der Waals surface area contributed by atoms with E-state index in [2.05, 4.69) is 0 Å². The maximum absolute atomic E-state index is 12.0. The van der Waals surface area contributed by atoms with Crippen molar-refractivity contribution in [1.29, 1.82) is 0 Å². The second-order valence-electron chi connectivity index (χ2n) is 4.08. The molecule has 19 heavy (non-hydrogen) atoms. The van der Waals surface area contributed by atoms with Crippen molar-refractivity contribution < 1.29 is 23.1 Å². The van der Waals surface area contributed by atoms with Gasteiger partial charge < -0.3 is 10.8 Å². The molecule has 0 heterocycles. The van der Waals surface area contributed by atoms with Gasteiger partial charge >= 0.3 is 5.97 Å². The molecule has 112 valence electrons. The lowest BCUT2D eigenvalue weighted by Gasteiger charge is -2.23. The van der Waals surface area contributed by atoms with Crippen molar-refractivity contribution in [2.75, 3.05) is 13.1 Å². The Morgan fingerprint density at radius 1 is 1.26 bits per heavy atom. The van der Waals surface area contributed by atoms with Gasteiger partial charge in [-0.1, -0.05) is 13.8 Å². The Balaban J connectivity index is 4.95. The lowest BCUT2D eigenvalue weighted by atomic mass is 10.2. The molecule has 1 atom stereocenters. The fourth-order valence-electron chi connectivity index (χ4n) is 1.49. The molecule has 0 aliphatic rings. The fourth-order valence-corrected chi connectivity index (χ4v) is 3.02. The maximum Gasteiger partial charge on any atom is 0.322 e. The summed E-state index contributed by atoms with van der Waals surface area (Å²) in [5.41, 5.74) is 4.89. The van der Waals surface area contributed by atoms with Gasteiger partial charge in [-0.25, -0.2) is 0 Å². The van der Waals surface area contributed by atoms with Gasteiger partial charge in [-0.2, -0.15) is 17.4 Å². The van der Waals surface area contributed by atoms with E-state index >= 15 is 0 Å². The minimum atomic E-state index is -3.94. The van der Waals surface area contributed by atoms with Crippen LogP contribution in [0.1, 0.15) is 33.1 Å². The van der Waals surface area contributed by atoms with E-state index < -0.39 is 34.5 Å². The van der Waals surface area contributed by atoms with Gasteiger partial charge in [-0.15, -0.1) is 0 Å². The molecule has 0 bridgehead atoms. The van der Waals surface area contributed by atoms with Crippen molar-refractivity contribution in [2.45, 2.75) is 39.2 Å². The lowest BCUT2D eigenvalue weighted by molar-refractivity contribution is -0.140. The molecule has 0 radical (unpaired) electrons. The summed E-state index contributed by atoms with van der Waals surface area (Å²) in [6, 6.07) is -1.54. The van der Waals surface area contributed by atoms with Crippen LogP contribution in [0.15, 0.2) is 0 Å². The van der Waals surface area contributed by atoms with Crippen LogP contribution in [0, 0.1) is 0 Å². The zero-order valence-electron chi connectivity index (χ0n) is 11.1. The second-order valence-corrected chi connectivity index (χ2v) is 5.79. The molecule has 0 saturated heterocycles. The zero-order chi connectivity index (χ0) is 15.1. The summed E-state index contributed by atoms with van der Waals surface area (Å²) in [4.78, 5) is 21.6. The van der Waals surface area contributed by atoms with Crippen molar-refractivity contribution in [3.05, 3.63) is 0 Å². The number of carbonyl (C=O) groups is 2. The number of primary amides is 1. The third-order valence-corrected chi connectivity index (χ3v) is 3.91. The molecule has 0 aliphatic carbocycles. The first-order valence-electron chi connectivity index (χ1n) is 6.03. The Hall–Kier alpha value is -1.19. The summed E-state index contributed by atoms with van der Waals surface area (Å²) >= 11 is 0. The molecular weight excluding hydrogens is 274 g/mol. The topological polar surface area (TPSA) is 130 Å². The molecule has 1 amide bonds. The highest BCUT2D eigenvalue weighted by atomic mass is 32.2. The van der Waals surface area contributed by atoms with Crippen molar-refractivity contribution >= 4 is 22.1 Å². The first kappa shape index (κ1) is 17.8. The highest BCUT2D eigenvalue weighted by Gasteiger charge is 2.29. The number of nitrogens with one attached hydrogen (secondary N) is 1. The predicted molar refractivity (Wildman–Crippen MR) is 69.4 cm³/mol. The Morgan fingerprint density at radius 2 is 1.74 bits per heavy atom. The van der Waals surface area contributed by atoms with E-state index in [4.69, 9.17) is 10.8 Å². The van der Waals surface area contributed by atoms with Crippen molar-refractivity contribution in [1.82, 2.24) is 9.03 Å². The van der Waals surface area contributed by atoms with Crippen LogP contribution in [0.4, 0.5) is 0 Å². The van der Waals surface area contributed by atoms with Crippen LogP contribution in [-0.4, -0.2) is 48.8 Å². The third kappa shape index (κ3) is 6.50. The number of rotatable bonds is 10. The molecule has 0 spiro atoms. The summed E-state index contributed by atoms with van der Waals surface area (Å²) < 4.78 is 27.2. The summed E-state index contributed by atoms with van der Waals surface area (Å²) in [5, 5.41) is 8.87. The van der Waals surface area contributed by atoms with Gasteiger partial charge in [0, 0.05) is 13.1 Å². The van der Waals surface area contributed by atoms with Gasteiger partial charge in [0.25, 0.3) is 10.2 Å². The predicted octanol–water partition coefficient (Wildman–Crippen LogP) is -0.729. The number of hydrogen-bond donors (Lipinski definition) is 3. The number of hydrogen-bond acceptors (Lipinski definition) is 4. The Kier molecular flexibility index (Phi) is 7.57. The molecular formula is C10H21N3O5S. The molecule has 4 N–H and O–H groups in total. The van der Waals surface area contributed by atoms with Crippen LogP contribution < -0.4 is 10.5 Å². The van der Waals surface area contributed by atoms with E-state index in [9.17, 15) is 18.0 Å². The smallest absolute Gasteiger partial charge is 0.322 e. The van der Waals surface area contributed by atoms with Gasteiger partial charge in [0.05, 0.1) is 6.42 Å². The second kappa shape index (κ2) is 8.08. The average molecular weight is 295 g/mol. The summed E-state index contributed by atoms with van der Waals surface area (Å²) in [7, 11) is -3.94. The number of carboxylic acid groups (broad SMARTS) is 1. The molecule has 0 unspecified atom stereocenters. The summed E-state index contributed by atoms with van der Waals surface area (Å²) in [6.07, 6.45) is 0.629. The molecule has 0 aromatic carbocycles. The Labute approximate surface area is 113 Å². The largest absolute Gasteiger partial charge is 0.480 e. The van der Waals surface area contributed by atoms with E-state index in [-0.39, 0.29) is 13.1 Å². The minimum Gasteiger partial charge on any atom is -0.480 e. The number of aliphatic carboxylic acids is 1. The molecule has 0 aromatic rings. The quantitative estimate of drug-likeness (QED) is 0.489. The number of nitrogens with zero attached hydrogens (tertiary/aromatic N) is 1. The highest BCUT2D eigenvalue weighted by molar-refractivity contribution is 7.87. The van der Waals surface area contributed by atoms with Crippen LogP contribution in [0.5, 0.6) is 0 Å². The van der Waals surface area contributed by atoms with Crippen molar-refractivity contribution in [3.63, 3.8) is 0 Å². The van der Waals surface area contributed by atoms with Gasteiger partial charge in [-0.05, 0) is 12.8 Å². The van der Waals surface area contributed by atoms with Crippen LogP contribution >= 0.6 is 0 Å². The highest BCUT2D eigenvalue weighted by Crippen LogP contribution is 2.04. The van der Waals surface area contributed by atoms with Crippen LogP contribution in [0.3, 0.4) is 0 Å². The molecule has 0 aliphatic heterocycles. The fraction of sp³-hybridized carbons (Fsp3) is 0.800. The van der Waals surface area contributed by atoms with E-state index in [0.29, 0.717) is 12.8 Å². The first-order valence-corrected chi connectivity index (χ1v) is 7.47. The normalized spacial score (nSPS) is 13.4. The molecule has 8 nitrogen and oxygen atoms in total. The minimum absolute atomic E-state index is 0.284. The third-order valence-electron chi connectivity index (χ3n) is 2.28. The maximum atomic E-state index is 12.0. The van der Waals surface area contributed by atoms with Crippen molar-refractivity contribution in [3.8, 4) is 0 Å². The van der Waals surface area contributed by atoms with Gasteiger partial charge in [0.2, 0.25) is 5.91 Å². The first-order chi connectivity index (χ1) is 8.74. The average Bonchev–Trinajstić information content (AvgIpc) is 2.26. The van der Waals surface area contributed by atoms with Crippen LogP contribution in [0.2, 0.25) is 0 Å². The molecule has 0 fully saturated rings. The van der Waals surface area contributed by atoms with E-state index in [1.165, 1.54) is 0 Å². The number of carbonyl (C=O) groups excluding carboxylic acids is 1. The van der Waals surface area contributed by atoms with Crippen LogP contribution in [0.25, 0.3) is 0 Å². The number of carboxylic acids is 1. The molecule has 0 aromatic heterocycles. The van der Waals surface area contributed by atoms with Gasteiger partial charge in [0.15, 0.2) is 0 Å². The lowest BCUT2D eigenvalue weighted by Crippen LogP contribution is -2.50. The van der Waals surface area contributed by atoms with E-state index in [0.717, 1.165) is 4.31 Å². The molecule has 0 rings (SSSR count). The Bertz CT molecular complexity index is 403. The van der Waals surface area contributed by atoms with E-state index in [1.807, 2.05) is 18.6 Å². The van der Waals surface area contributed by atoms with Crippen LogP contribution in [-0.2, 0) is 19.8 Å². The molecule has 0 saturated carbocycles. The number of nitrogens with two attached hydrogens (primary N) is 1. The molecule has 9 heteroatoms. The van der Waals surface area contributed by atoms with Crippen molar-refractivity contribution in [2.24, 2.45) is 5.73 Å². The standard InChI is InChI=1S/C10H21N3O5S/c1-3-5-13(6-4-2)19(17,18)12-8(10(15)16)7-9(11)14/h8,12H,3-7H2,1-2H3,(H2,11,14)(H,15,16)/t8-/m1/s1. The van der Waals surface area contributed by atoms with Gasteiger partial charge in [-0.3, -0.25) is 9.59 Å². The zero-order valence-corrected chi connectivity index (χ0v) is 11.9. The number of amides is 1.